The summed E-state index contributed by atoms with van der Waals surface area (Å²) < 4.78 is 23.9. The molecule has 0 aliphatic heterocycles. The summed E-state index contributed by atoms with van der Waals surface area (Å²) in [5.41, 5.74) is 0.828. The Hall–Kier alpha value is -1.60. The van der Waals surface area contributed by atoms with Crippen LogP contribution in [0.5, 0.6) is 11.6 Å². The van der Waals surface area contributed by atoms with E-state index in [2.05, 4.69) is 0 Å². The lowest BCUT2D eigenvalue weighted by atomic mass is 10.1. The van der Waals surface area contributed by atoms with Crippen LogP contribution < -0.4 is 4.87 Å². The third kappa shape index (κ3) is 4.48. The summed E-state index contributed by atoms with van der Waals surface area (Å²) in [4.78, 5) is 12.2. The van der Waals surface area contributed by atoms with E-state index in [0.717, 1.165) is 21.5 Å². The summed E-state index contributed by atoms with van der Waals surface area (Å²) in [5, 5.41) is 19.6. The largest absolute Gasteiger partial charge is 0.508 e. The van der Waals surface area contributed by atoms with Crippen LogP contribution in [0.4, 0.5) is 0 Å². The fraction of sp³-hybridized carbons (Fsp3) is 0.400. The molecule has 0 radical (unpaired) electrons. The van der Waals surface area contributed by atoms with Gasteiger partial charge in [-0.2, -0.15) is 0 Å². The second-order valence-electron chi connectivity index (χ2n) is 4.97. The van der Waals surface area contributed by atoms with Crippen molar-refractivity contribution < 1.29 is 23.8 Å². The first-order chi connectivity index (χ1) is 11.4. The molecule has 9 heteroatoms. The number of rotatable bonds is 8. The third-order valence-corrected chi connectivity index (χ3v) is 6.10. The molecule has 0 bridgehead atoms. The molecule has 7 nitrogen and oxygen atoms in total. The molecule has 1 aromatic heterocycles. The first-order valence-corrected chi connectivity index (χ1v) is 10.0. The van der Waals surface area contributed by atoms with Gasteiger partial charge in [0.25, 0.3) is 0 Å². The predicted molar refractivity (Wildman–Crippen MR) is 92.0 cm³/mol. The lowest BCUT2D eigenvalue weighted by molar-refractivity contribution is 0.212. The molecule has 1 aromatic carbocycles. The van der Waals surface area contributed by atoms with Gasteiger partial charge in [0.15, 0.2) is 0 Å². The average molecular weight is 373 g/mol. The van der Waals surface area contributed by atoms with Crippen LogP contribution in [-0.4, -0.2) is 28.0 Å². The zero-order chi connectivity index (χ0) is 17.7. The highest BCUT2D eigenvalue weighted by Crippen LogP contribution is 2.50. The Morgan fingerprint density at radius 2 is 1.71 bits per heavy atom. The zero-order valence-corrected chi connectivity index (χ0v) is 15.2. The van der Waals surface area contributed by atoms with Crippen molar-refractivity contribution in [2.45, 2.75) is 26.6 Å². The van der Waals surface area contributed by atoms with Gasteiger partial charge in [-0.25, -0.2) is 0 Å². The second-order valence-corrected chi connectivity index (χ2v) is 8.04. The first-order valence-electron chi connectivity index (χ1n) is 7.46. The van der Waals surface area contributed by atoms with Crippen molar-refractivity contribution in [2.24, 2.45) is 0 Å². The van der Waals surface area contributed by atoms with E-state index in [1.807, 2.05) is 0 Å². The van der Waals surface area contributed by atoms with Crippen molar-refractivity contribution in [3.8, 4) is 11.6 Å². The Labute approximate surface area is 143 Å². The molecule has 0 saturated heterocycles. The number of nitrogens with zero attached hydrogens (tertiary/aromatic N) is 1. The van der Waals surface area contributed by atoms with Gasteiger partial charge in [-0.1, -0.05) is 23.5 Å². The van der Waals surface area contributed by atoms with Gasteiger partial charge in [-0.05, 0) is 31.5 Å². The Bertz CT molecular complexity index is 772. The number of phenols is 1. The maximum absolute atomic E-state index is 12.6. The number of phenolic OH excluding ortho intramolecular Hbond substituents is 1. The van der Waals surface area contributed by atoms with E-state index >= 15 is 0 Å². The molecule has 1 heterocycles. The summed E-state index contributed by atoms with van der Waals surface area (Å²) >= 11 is 0.880. The molecule has 24 heavy (non-hydrogen) atoms. The summed E-state index contributed by atoms with van der Waals surface area (Å²) in [6.07, 6.45) is -0.00197. The van der Waals surface area contributed by atoms with Gasteiger partial charge in [0.05, 0.1) is 18.1 Å². The highest BCUT2D eigenvalue weighted by Gasteiger charge is 2.28. The fourth-order valence-corrected chi connectivity index (χ4v) is 4.81. The molecule has 0 spiro atoms. The van der Waals surface area contributed by atoms with Crippen molar-refractivity contribution in [3.05, 3.63) is 44.4 Å². The van der Waals surface area contributed by atoms with Crippen molar-refractivity contribution in [1.82, 2.24) is 4.57 Å². The highest BCUT2D eigenvalue weighted by atomic mass is 32.1. The molecule has 0 atom stereocenters. The monoisotopic (exact) mass is 373 g/mol. The molecule has 0 aliphatic carbocycles. The molecular weight excluding hydrogens is 353 g/mol. The number of hydrogen-bond donors (Lipinski definition) is 2. The second kappa shape index (κ2) is 7.98. The first kappa shape index (κ1) is 18.7. The van der Waals surface area contributed by atoms with Gasteiger partial charge in [0.1, 0.15) is 12.0 Å². The number of benzene rings is 1. The predicted octanol–water partition coefficient (Wildman–Crippen LogP) is 3.14. The molecule has 2 N–H and O–H groups in total. The average Bonchev–Trinajstić information content (AvgIpc) is 2.77. The minimum Gasteiger partial charge on any atom is -0.508 e. The molecule has 132 valence electrons. The summed E-state index contributed by atoms with van der Waals surface area (Å²) in [6.45, 7) is 3.71. The molecule has 2 aromatic rings. The van der Waals surface area contributed by atoms with Crippen molar-refractivity contribution in [1.29, 1.82) is 0 Å². The summed E-state index contributed by atoms with van der Waals surface area (Å²) in [7, 11) is -3.49. The fourth-order valence-electron chi connectivity index (χ4n) is 2.17. The molecular formula is C15H20NO6PS. The number of thiazole rings is 1. The van der Waals surface area contributed by atoms with Gasteiger partial charge >= 0.3 is 12.5 Å². The lowest BCUT2D eigenvalue weighted by Gasteiger charge is -2.17. The zero-order valence-electron chi connectivity index (χ0n) is 13.5. The minimum atomic E-state index is -3.49. The Morgan fingerprint density at radius 1 is 1.12 bits per heavy atom. The van der Waals surface area contributed by atoms with Crippen LogP contribution in [0.1, 0.15) is 24.3 Å². The summed E-state index contributed by atoms with van der Waals surface area (Å²) in [5.74, 6) is -0.0965. The normalized spacial score (nSPS) is 11.8. The molecule has 0 aliphatic rings. The van der Waals surface area contributed by atoms with Crippen LogP contribution in [0, 0.1) is 0 Å². The standard InChI is InChI=1S/C15H20NO6PS/c1-3-21-23(20,22-4-2)10-16-14(18)13(24-15(16)19)9-11-5-7-12(17)8-6-11/h5-8,17-18H,3-4,9-10H2,1-2H3. The summed E-state index contributed by atoms with van der Waals surface area (Å²) in [6, 6.07) is 6.47. The van der Waals surface area contributed by atoms with Gasteiger partial charge in [-0.15, -0.1) is 0 Å². The van der Waals surface area contributed by atoms with Crippen molar-refractivity contribution in [2.75, 3.05) is 13.2 Å². The Morgan fingerprint density at radius 3 is 2.25 bits per heavy atom. The molecule has 0 fully saturated rings. The van der Waals surface area contributed by atoms with Crippen molar-refractivity contribution in [3.63, 3.8) is 0 Å². The van der Waals surface area contributed by atoms with E-state index in [9.17, 15) is 19.6 Å². The Balaban J connectivity index is 2.26. The van der Waals surface area contributed by atoms with Crippen LogP contribution in [0.15, 0.2) is 29.1 Å². The van der Waals surface area contributed by atoms with E-state index in [0.29, 0.717) is 11.3 Å². The van der Waals surface area contributed by atoms with Crippen LogP contribution in [0.25, 0.3) is 0 Å². The van der Waals surface area contributed by atoms with Crippen LogP contribution in [0.2, 0.25) is 0 Å². The van der Waals surface area contributed by atoms with Gasteiger partial charge in [0.2, 0.25) is 5.88 Å². The number of aromatic hydroxyl groups is 2. The van der Waals surface area contributed by atoms with Gasteiger partial charge in [-0.3, -0.25) is 13.9 Å². The smallest absolute Gasteiger partial charge is 0.350 e. The van der Waals surface area contributed by atoms with E-state index in [-0.39, 0.29) is 31.1 Å². The van der Waals surface area contributed by atoms with Crippen molar-refractivity contribution >= 4 is 18.9 Å². The topological polar surface area (TPSA) is 98.0 Å². The number of aromatic nitrogens is 1. The quantitative estimate of drug-likeness (QED) is 0.690. The molecule has 0 unspecified atom stereocenters. The van der Waals surface area contributed by atoms with E-state index in [1.165, 1.54) is 12.1 Å². The molecule has 0 saturated carbocycles. The maximum Gasteiger partial charge on any atom is 0.350 e. The highest BCUT2D eigenvalue weighted by molar-refractivity contribution is 7.52. The molecule has 0 amide bonds. The van der Waals surface area contributed by atoms with Crippen LogP contribution in [-0.2, 0) is 26.3 Å². The van der Waals surface area contributed by atoms with E-state index < -0.39 is 12.5 Å². The third-order valence-electron chi connectivity index (χ3n) is 3.20. The SMILES string of the molecule is CCOP(=O)(Cn1c(O)c(Cc2ccc(O)cc2)sc1=O)OCC. The van der Waals surface area contributed by atoms with E-state index in [1.54, 1.807) is 26.0 Å². The van der Waals surface area contributed by atoms with E-state index in [4.69, 9.17) is 9.05 Å². The number of hydrogen-bond acceptors (Lipinski definition) is 7. The Kier molecular flexibility index (Phi) is 6.23. The van der Waals surface area contributed by atoms with Gasteiger partial charge < -0.3 is 19.3 Å². The molecule has 2 rings (SSSR count). The lowest BCUT2D eigenvalue weighted by Crippen LogP contribution is -2.14. The van der Waals surface area contributed by atoms with Crippen LogP contribution >= 0.6 is 18.9 Å². The maximum atomic E-state index is 12.6. The van der Waals surface area contributed by atoms with Gasteiger partial charge in [0, 0.05) is 6.42 Å². The minimum absolute atomic E-state index is 0.142. The van der Waals surface area contributed by atoms with Crippen LogP contribution in [0.3, 0.4) is 0 Å².